The van der Waals surface area contributed by atoms with Crippen molar-refractivity contribution in [3.05, 3.63) is 48.0 Å². The van der Waals surface area contributed by atoms with Crippen molar-refractivity contribution in [3.8, 4) is 17.2 Å². The molecule has 0 heterocycles. The number of guanidine groups is 1. The van der Waals surface area contributed by atoms with Crippen molar-refractivity contribution in [3.63, 3.8) is 0 Å². The van der Waals surface area contributed by atoms with Gasteiger partial charge in [-0.05, 0) is 57.8 Å². The van der Waals surface area contributed by atoms with Crippen LogP contribution in [0.25, 0.3) is 0 Å². The average Bonchev–Trinajstić information content (AvgIpc) is 2.75. The first-order valence-corrected chi connectivity index (χ1v) is 10.2. The van der Waals surface area contributed by atoms with Gasteiger partial charge in [-0.1, -0.05) is 12.1 Å². The quantitative estimate of drug-likeness (QED) is 0.264. The summed E-state index contributed by atoms with van der Waals surface area (Å²) in [6.07, 6.45) is 0. The van der Waals surface area contributed by atoms with E-state index >= 15 is 0 Å². The van der Waals surface area contributed by atoms with E-state index in [2.05, 4.69) is 41.8 Å². The Labute approximate surface area is 203 Å². The molecule has 2 aromatic carbocycles. The number of rotatable bonds is 10. The van der Waals surface area contributed by atoms with Gasteiger partial charge in [0, 0.05) is 18.3 Å². The van der Waals surface area contributed by atoms with Gasteiger partial charge in [-0.15, -0.1) is 24.0 Å². The summed E-state index contributed by atoms with van der Waals surface area (Å²) in [5, 5.41) is 6.65. The number of aliphatic imine (C=N–C) groups is 1. The Hall–Kier alpha value is -2.20. The highest BCUT2D eigenvalue weighted by molar-refractivity contribution is 14.0. The number of likely N-dealkylation sites (N-methyl/N-ethyl adjacent to an activating group) is 1. The molecule has 0 aromatic heterocycles. The molecule has 0 aliphatic rings. The van der Waals surface area contributed by atoms with Crippen molar-refractivity contribution in [1.29, 1.82) is 0 Å². The van der Waals surface area contributed by atoms with Crippen LogP contribution in [-0.4, -0.2) is 58.9 Å². The Morgan fingerprint density at radius 2 is 1.71 bits per heavy atom. The molecule has 2 N–H and O–H groups in total. The highest BCUT2D eigenvalue weighted by Gasteiger charge is 2.14. The number of anilines is 1. The zero-order valence-electron chi connectivity index (χ0n) is 19.3. The Balaban J connectivity index is 0.00000480. The molecule has 7 nitrogen and oxygen atoms in total. The molecule has 0 spiro atoms. The second kappa shape index (κ2) is 14.0. The lowest BCUT2D eigenvalue weighted by molar-refractivity contribution is 0.306. The Morgan fingerprint density at radius 3 is 2.26 bits per heavy atom. The van der Waals surface area contributed by atoms with E-state index in [1.165, 1.54) is 5.56 Å². The van der Waals surface area contributed by atoms with E-state index in [1.807, 2.05) is 44.2 Å². The molecule has 0 fully saturated rings. The zero-order chi connectivity index (χ0) is 21.9. The lowest BCUT2D eigenvalue weighted by atomic mass is 10.1. The normalized spacial score (nSPS) is 12.0. The van der Waals surface area contributed by atoms with Gasteiger partial charge in [0.1, 0.15) is 5.75 Å². The number of benzene rings is 2. The third-order valence-electron chi connectivity index (χ3n) is 4.62. The van der Waals surface area contributed by atoms with Gasteiger partial charge in [0.2, 0.25) is 0 Å². The Bertz CT molecular complexity index is 813. The van der Waals surface area contributed by atoms with Crippen LogP contribution >= 0.6 is 24.0 Å². The van der Waals surface area contributed by atoms with Crippen LogP contribution in [0.15, 0.2) is 47.5 Å². The van der Waals surface area contributed by atoms with Crippen LogP contribution in [0.2, 0.25) is 0 Å². The summed E-state index contributed by atoms with van der Waals surface area (Å²) in [6.45, 7) is 5.94. The van der Waals surface area contributed by atoms with E-state index < -0.39 is 0 Å². The van der Waals surface area contributed by atoms with Crippen LogP contribution in [0.5, 0.6) is 17.2 Å². The van der Waals surface area contributed by atoms with E-state index in [-0.39, 0.29) is 30.0 Å². The van der Waals surface area contributed by atoms with Crippen LogP contribution in [0, 0.1) is 0 Å². The first-order valence-electron chi connectivity index (χ1n) is 10.2. The number of nitrogens with one attached hydrogen (secondary N) is 2. The third kappa shape index (κ3) is 8.10. The molecule has 31 heavy (non-hydrogen) atoms. The maximum absolute atomic E-state index is 5.59. The molecule has 8 heteroatoms. The first kappa shape index (κ1) is 26.8. The maximum Gasteiger partial charge on any atom is 0.195 e. The van der Waals surface area contributed by atoms with Gasteiger partial charge in [-0.25, -0.2) is 0 Å². The second-order valence-corrected chi connectivity index (χ2v) is 6.90. The number of hydrogen-bond acceptors (Lipinski definition) is 5. The summed E-state index contributed by atoms with van der Waals surface area (Å²) in [7, 11) is 7.43. The van der Waals surface area contributed by atoms with Crippen LogP contribution < -0.4 is 24.8 Å². The SMILES string of the molecule is CCNC(=NCC(c1ccc(OC)cc1)N(C)C)Nc1ccc(OCC)c(OC)c1.I. The summed E-state index contributed by atoms with van der Waals surface area (Å²) in [5.41, 5.74) is 2.06. The molecule has 0 saturated carbocycles. The van der Waals surface area contributed by atoms with E-state index in [1.54, 1.807) is 14.2 Å². The highest BCUT2D eigenvalue weighted by Crippen LogP contribution is 2.30. The summed E-state index contributed by atoms with van der Waals surface area (Å²) < 4.78 is 16.3. The van der Waals surface area contributed by atoms with Gasteiger partial charge in [-0.2, -0.15) is 0 Å². The molecule has 2 aromatic rings. The second-order valence-electron chi connectivity index (χ2n) is 6.90. The minimum absolute atomic E-state index is 0. The molecule has 2 rings (SSSR count). The summed E-state index contributed by atoms with van der Waals surface area (Å²) >= 11 is 0. The van der Waals surface area contributed by atoms with Crippen molar-refractivity contribution in [2.45, 2.75) is 19.9 Å². The molecule has 172 valence electrons. The summed E-state index contributed by atoms with van der Waals surface area (Å²) in [5.74, 6) is 2.96. The van der Waals surface area contributed by atoms with Crippen molar-refractivity contribution in [2.24, 2.45) is 4.99 Å². The fourth-order valence-corrected chi connectivity index (χ4v) is 3.03. The van der Waals surface area contributed by atoms with Crippen LogP contribution in [0.4, 0.5) is 5.69 Å². The van der Waals surface area contributed by atoms with Crippen LogP contribution in [0.1, 0.15) is 25.5 Å². The number of halogens is 1. The molecular weight excluding hydrogens is 507 g/mol. The largest absolute Gasteiger partial charge is 0.497 e. The molecule has 1 atom stereocenters. The number of hydrogen-bond donors (Lipinski definition) is 2. The van der Waals surface area contributed by atoms with Gasteiger partial charge < -0.3 is 29.7 Å². The van der Waals surface area contributed by atoms with E-state index in [0.717, 1.165) is 23.7 Å². The Kier molecular flexibility index (Phi) is 12.1. The van der Waals surface area contributed by atoms with E-state index in [0.29, 0.717) is 24.9 Å². The van der Waals surface area contributed by atoms with Crippen LogP contribution in [0.3, 0.4) is 0 Å². The summed E-state index contributed by atoms with van der Waals surface area (Å²) in [4.78, 5) is 6.97. The smallest absolute Gasteiger partial charge is 0.195 e. The zero-order valence-corrected chi connectivity index (χ0v) is 21.6. The molecule has 0 saturated heterocycles. The predicted octanol–water partition coefficient (Wildman–Crippen LogP) is 4.40. The molecule has 0 amide bonds. The first-order chi connectivity index (χ1) is 14.5. The molecule has 0 aliphatic carbocycles. The van der Waals surface area contributed by atoms with Crippen molar-refractivity contribution < 1.29 is 14.2 Å². The molecule has 0 bridgehead atoms. The highest BCUT2D eigenvalue weighted by atomic mass is 127. The minimum atomic E-state index is 0. The molecule has 0 aliphatic heterocycles. The van der Waals surface area contributed by atoms with Crippen molar-refractivity contribution in [2.75, 3.05) is 53.3 Å². The minimum Gasteiger partial charge on any atom is -0.497 e. The van der Waals surface area contributed by atoms with Crippen molar-refractivity contribution >= 4 is 35.6 Å². The van der Waals surface area contributed by atoms with Gasteiger partial charge in [0.15, 0.2) is 17.5 Å². The lowest BCUT2D eigenvalue weighted by Crippen LogP contribution is -2.32. The van der Waals surface area contributed by atoms with Gasteiger partial charge in [0.25, 0.3) is 0 Å². The number of nitrogens with zero attached hydrogens (tertiary/aromatic N) is 2. The van der Waals surface area contributed by atoms with Gasteiger partial charge >= 0.3 is 0 Å². The maximum atomic E-state index is 5.59. The fourth-order valence-electron chi connectivity index (χ4n) is 3.03. The Morgan fingerprint density at radius 1 is 1.00 bits per heavy atom. The number of methoxy groups -OCH3 is 2. The van der Waals surface area contributed by atoms with Gasteiger partial charge in [0.05, 0.1) is 33.4 Å². The van der Waals surface area contributed by atoms with E-state index in [9.17, 15) is 0 Å². The molecular formula is C23H35IN4O3. The predicted molar refractivity (Wildman–Crippen MR) is 139 cm³/mol. The van der Waals surface area contributed by atoms with Crippen LogP contribution in [-0.2, 0) is 0 Å². The van der Waals surface area contributed by atoms with E-state index in [4.69, 9.17) is 19.2 Å². The lowest BCUT2D eigenvalue weighted by Gasteiger charge is -2.24. The molecule has 0 radical (unpaired) electrons. The summed E-state index contributed by atoms with van der Waals surface area (Å²) in [6, 6.07) is 14.0. The fraction of sp³-hybridized carbons (Fsp3) is 0.435. The van der Waals surface area contributed by atoms with Gasteiger partial charge in [-0.3, -0.25) is 4.99 Å². The monoisotopic (exact) mass is 542 g/mol. The third-order valence-corrected chi connectivity index (χ3v) is 4.62. The molecule has 1 unspecified atom stereocenters. The number of ether oxygens (including phenoxy) is 3. The average molecular weight is 542 g/mol. The van der Waals surface area contributed by atoms with Crippen molar-refractivity contribution in [1.82, 2.24) is 10.2 Å². The topological polar surface area (TPSA) is 67.4 Å². The standard InChI is InChI=1S/C23H34N4O3.HI/c1-7-24-23(26-18-11-14-21(30-8-2)22(15-18)29-6)25-16-20(27(3)4)17-9-12-19(28-5)13-10-17;/h9-15,20H,7-8,16H2,1-6H3,(H2,24,25,26);1H.